The molecule has 0 aliphatic heterocycles. The predicted octanol–water partition coefficient (Wildman–Crippen LogP) is 3.78. The number of methoxy groups -OCH3 is 1. The van der Waals surface area contributed by atoms with Crippen LogP contribution < -0.4 is 10.1 Å². The lowest BCUT2D eigenvalue weighted by Crippen LogP contribution is -2.14. The molecule has 2 aromatic rings. The molecule has 5 nitrogen and oxygen atoms in total. The molecule has 0 unspecified atom stereocenters. The van der Waals surface area contributed by atoms with Crippen LogP contribution in [0.3, 0.4) is 0 Å². The van der Waals surface area contributed by atoms with Gasteiger partial charge in [-0.2, -0.15) is 0 Å². The van der Waals surface area contributed by atoms with Crippen LogP contribution >= 0.6 is 11.6 Å². The molecule has 2 aromatic carbocycles. The molecular weight excluding hydrogens is 318 g/mol. The fraction of sp³-hybridized carbons (Fsp3) is 0.176. The van der Waals surface area contributed by atoms with Gasteiger partial charge in [-0.1, -0.05) is 17.7 Å². The Morgan fingerprint density at radius 2 is 1.96 bits per heavy atom. The molecule has 120 valence electrons. The van der Waals surface area contributed by atoms with E-state index in [1.807, 2.05) is 0 Å². The van der Waals surface area contributed by atoms with Gasteiger partial charge in [0.15, 0.2) is 0 Å². The number of hydrogen-bond acceptors (Lipinski definition) is 4. The smallest absolute Gasteiger partial charge is 0.338 e. The maximum Gasteiger partial charge on any atom is 0.338 e. The summed E-state index contributed by atoms with van der Waals surface area (Å²) in [4.78, 5) is 24.1. The van der Waals surface area contributed by atoms with Crippen LogP contribution in [0.25, 0.3) is 0 Å². The average molecular weight is 334 g/mol. The molecule has 0 saturated carbocycles. The summed E-state index contributed by atoms with van der Waals surface area (Å²) in [5.74, 6) is -0.427. The van der Waals surface area contributed by atoms with Crippen LogP contribution in [0.4, 0.5) is 5.69 Å². The second-order valence-corrected chi connectivity index (χ2v) is 5.04. The zero-order chi connectivity index (χ0) is 16.8. The number of rotatable bonds is 5. The maximum absolute atomic E-state index is 12.4. The van der Waals surface area contributed by atoms with Crippen LogP contribution in [0.2, 0.25) is 5.02 Å². The van der Waals surface area contributed by atoms with Gasteiger partial charge in [0.05, 0.1) is 24.8 Å². The fourth-order valence-corrected chi connectivity index (χ4v) is 2.15. The van der Waals surface area contributed by atoms with Gasteiger partial charge in [0.25, 0.3) is 5.91 Å². The number of benzene rings is 2. The quantitative estimate of drug-likeness (QED) is 0.846. The number of nitrogens with one attached hydrogen (secondary N) is 1. The molecule has 0 bridgehead atoms. The zero-order valence-corrected chi connectivity index (χ0v) is 13.5. The summed E-state index contributed by atoms with van der Waals surface area (Å²) in [5.41, 5.74) is 1.20. The maximum atomic E-state index is 12.4. The van der Waals surface area contributed by atoms with E-state index in [4.69, 9.17) is 21.1 Å². The number of carbonyl (C=O) groups is 2. The summed E-state index contributed by atoms with van der Waals surface area (Å²) in [6, 6.07) is 11.3. The highest BCUT2D eigenvalue weighted by Gasteiger charge is 2.14. The molecule has 0 spiro atoms. The second kappa shape index (κ2) is 7.65. The van der Waals surface area contributed by atoms with Gasteiger partial charge in [-0.15, -0.1) is 0 Å². The lowest BCUT2D eigenvalue weighted by Gasteiger charge is -2.10. The summed E-state index contributed by atoms with van der Waals surface area (Å²) in [6.07, 6.45) is 0. The van der Waals surface area contributed by atoms with E-state index in [1.54, 1.807) is 49.4 Å². The normalized spacial score (nSPS) is 10.0. The first-order valence-corrected chi connectivity index (χ1v) is 7.35. The van der Waals surface area contributed by atoms with Crippen molar-refractivity contribution < 1.29 is 19.1 Å². The van der Waals surface area contributed by atoms with Gasteiger partial charge in [0.1, 0.15) is 5.75 Å². The topological polar surface area (TPSA) is 64.6 Å². The van der Waals surface area contributed by atoms with Crippen molar-refractivity contribution in [3.05, 3.63) is 58.6 Å². The van der Waals surface area contributed by atoms with Gasteiger partial charge in [0.2, 0.25) is 0 Å². The molecule has 0 heterocycles. The van der Waals surface area contributed by atoms with E-state index in [1.165, 1.54) is 7.11 Å². The second-order valence-electron chi connectivity index (χ2n) is 4.60. The first kappa shape index (κ1) is 16.8. The molecule has 0 aliphatic rings. The highest BCUT2D eigenvalue weighted by molar-refractivity contribution is 6.31. The first-order chi connectivity index (χ1) is 11.0. The van der Waals surface area contributed by atoms with E-state index in [0.29, 0.717) is 27.6 Å². The number of hydrogen-bond donors (Lipinski definition) is 1. The van der Waals surface area contributed by atoms with Gasteiger partial charge in [0, 0.05) is 10.7 Å². The number of halogens is 1. The van der Waals surface area contributed by atoms with Crippen molar-refractivity contribution >= 4 is 29.2 Å². The van der Waals surface area contributed by atoms with Gasteiger partial charge >= 0.3 is 5.97 Å². The van der Waals surface area contributed by atoms with Crippen LogP contribution in [0.5, 0.6) is 5.75 Å². The summed E-state index contributed by atoms with van der Waals surface area (Å²) in [6.45, 7) is 2.02. The molecule has 2 rings (SSSR count). The Kier molecular flexibility index (Phi) is 5.60. The van der Waals surface area contributed by atoms with Gasteiger partial charge in [-0.05, 0) is 43.3 Å². The summed E-state index contributed by atoms with van der Waals surface area (Å²) >= 11 is 5.88. The van der Waals surface area contributed by atoms with E-state index in [9.17, 15) is 9.59 Å². The minimum Gasteiger partial charge on any atom is -0.496 e. The zero-order valence-electron chi connectivity index (χ0n) is 12.8. The number of anilines is 1. The van der Waals surface area contributed by atoms with E-state index in [-0.39, 0.29) is 12.5 Å². The molecular formula is C17H16ClNO4. The van der Waals surface area contributed by atoms with Crippen LogP contribution in [0.15, 0.2) is 42.5 Å². The number of ether oxygens (including phenoxy) is 2. The molecule has 23 heavy (non-hydrogen) atoms. The van der Waals surface area contributed by atoms with Crippen LogP contribution in [-0.4, -0.2) is 25.6 Å². The van der Waals surface area contributed by atoms with Crippen LogP contribution in [-0.2, 0) is 4.74 Å². The Bertz CT molecular complexity index is 730. The van der Waals surface area contributed by atoms with Crippen molar-refractivity contribution in [2.75, 3.05) is 19.0 Å². The van der Waals surface area contributed by atoms with Crippen molar-refractivity contribution in [3.8, 4) is 5.75 Å². The Labute approximate surface area is 139 Å². The van der Waals surface area contributed by atoms with E-state index in [2.05, 4.69) is 5.32 Å². The molecule has 0 aliphatic carbocycles. The Morgan fingerprint density at radius 1 is 1.17 bits per heavy atom. The first-order valence-electron chi connectivity index (χ1n) is 6.97. The standard InChI is InChI=1S/C17H16ClNO4/c1-3-23-17(21)11-5-4-6-13(9-11)19-16(20)14-8-7-12(18)10-15(14)22-2/h4-10H,3H2,1-2H3,(H,19,20). The van der Waals surface area contributed by atoms with E-state index >= 15 is 0 Å². The molecule has 0 aromatic heterocycles. The highest BCUT2D eigenvalue weighted by atomic mass is 35.5. The van der Waals surface area contributed by atoms with Gasteiger partial charge in [-0.25, -0.2) is 4.79 Å². The average Bonchev–Trinajstić information content (AvgIpc) is 2.55. The summed E-state index contributed by atoms with van der Waals surface area (Å²) < 4.78 is 10.1. The molecule has 1 N–H and O–H groups in total. The summed E-state index contributed by atoms with van der Waals surface area (Å²) in [5, 5.41) is 3.19. The predicted molar refractivity (Wildman–Crippen MR) is 88.4 cm³/mol. The van der Waals surface area contributed by atoms with E-state index < -0.39 is 5.97 Å². The van der Waals surface area contributed by atoms with Gasteiger partial charge in [-0.3, -0.25) is 4.79 Å². The Balaban J connectivity index is 2.21. The minimum atomic E-state index is -0.437. The minimum absolute atomic E-state index is 0.289. The molecule has 6 heteroatoms. The molecule has 0 radical (unpaired) electrons. The molecule has 0 saturated heterocycles. The van der Waals surface area contributed by atoms with Crippen molar-refractivity contribution in [3.63, 3.8) is 0 Å². The van der Waals surface area contributed by atoms with Gasteiger partial charge < -0.3 is 14.8 Å². The van der Waals surface area contributed by atoms with E-state index in [0.717, 1.165) is 0 Å². The highest BCUT2D eigenvalue weighted by Crippen LogP contribution is 2.24. The largest absolute Gasteiger partial charge is 0.496 e. The Morgan fingerprint density at radius 3 is 2.65 bits per heavy atom. The molecule has 0 fully saturated rings. The monoisotopic (exact) mass is 333 g/mol. The molecule has 0 atom stereocenters. The Hall–Kier alpha value is -2.53. The van der Waals surface area contributed by atoms with Crippen molar-refractivity contribution in [2.24, 2.45) is 0 Å². The summed E-state index contributed by atoms with van der Waals surface area (Å²) in [7, 11) is 1.46. The van der Waals surface area contributed by atoms with Crippen LogP contribution in [0.1, 0.15) is 27.6 Å². The van der Waals surface area contributed by atoms with Crippen LogP contribution in [0, 0.1) is 0 Å². The third kappa shape index (κ3) is 4.23. The number of amides is 1. The third-order valence-corrected chi connectivity index (χ3v) is 3.27. The lowest BCUT2D eigenvalue weighted by atomic mass is 10.1. The number of carbonyl (C=O) groups excluding carboxylic acids is 2. The fourth-order valence-electron chi connectivity index (χ4n) is 1.99. The van der Waals surface area contributed by atoms with Crippen molar-refractivity contribution in [1.29, 1.82) is 0 Å². The SMILES string of the molecule is CCOC(=O)c1cccc(NC(=O)c2ccc(Cl)cc2OC)c1. The number of esters is 1. The third-order valence-electron chi connectivity index (χ3n) is 3.04. The molecule has 1 amide bonds. The lowest BCUT2D eigenvalue weighted by molar-refractivity contribution is 0.0526. The van der Waals surface area contributed by atoms with Crippen molar-refractivity contribution in [2.45, 2.75) is 6.92 Å². The van der Waals surface area contributed by atoms with Crippen molar-refractivity contribution in [1.82, 2.24) is 0 Å².